The standard InChI is InChI=1S/C19H20FN3O4S/c20-16-7-3-14(4-8-16)13-18(24)21-22-19(25)15-5-9-17(10-6-15)28(26,27)23-11-1-2-12-23/h3-10H,1-2,11-13H2,(H,21,24)(H,22,25). The van der Waals surface area contributed by atoms with Crippen molar-refractivity contribution in [3.05, 3.63) is 65.5 Å². The van der Waals surface area contributed by atoms with Crippen LogP contribution in [0.15, 0.2) is 53.4 Å². The van der Waals surface area contributed by atoms with Crippen molar-refractivity contribution in [1.82, 2.24) is 15.2 Å². The van der Waals surface area contributed by atoms with Gasteiger partial charge in [-0.1, -0.05) is 12.1 Å². The highest BCUT2D eigenvalue weighted by Crippen LogP contribution is 2.21. The number of rotatable bonds is 5. The Morgan fingerprint density at radius 2 is 1.54 bits per heavy atom. The van der Waals surface area contributed by atoms with Gasteiger partial charge in [-0.25, -0.2) is 12.8 Å². The molecule has 0 atom stereocenters. The van der Waals surface area contributed by atoms with Crippen LogP contribution in [0.3, 0.4) is 0 Å². The van der Waals surface area contributed by atoms with Crippen LogP contribution in [0.25, 0.3) is 0 Å². The third kappa shape index (κ3) is 4.73. The van der Waals surface area contributed by atoms with E-state index < -0.39 is 27.7 Å². The number of nitrogens with zero attached hydrogens (tertiary/aromatic N) is 1. The molecule has 0 saturated carbocycles. The Morgan fingerprint density at radius 3 is 2.14 bits per heavy atom. The van der Waals surface area contributed by atoms with E-state index in [1.807, 2.05) is 0 Å². The van der Waals surface area contributed by atoms with E-state index in [4.69, 9.17) is 0 Å². The maximum atomic E-state index is 12.9. The Labute approximate surface area is 162 Å². The number of sulfonamides is 1. The number of halogens is 1. The minimum atomic E-state index is -3.54. The Morgan fingerprint density at radius 1 is 0.929 bits per heavy atom. The first kappa shape index (κ1) is 20.0. The molecule has 28 heavy (non-hydrogen) atoms. The number of carbonyl (C=O) groups excluding carboxylic acids is 2. The molecule has 1 aliphatic heterocycles. The van der Waals surface area contributed by atoms with Gasteiger partial charge in [0.1, 0.15) is 5.82 Å². The second kappa shape index (κ2) is 8.49. The Balaban J connectivity index is 1.55. The van der Waals surface area contributed by atoms with Gasteiger partial charge in [0.2, 0.25) is 15.9 Å². The molecule has 7 nitrogen and oxygen atoms in total. The monoisotopic (exact) mass is 405 g/mol. The first-order valence-corrected chi connectivity index (χ1v) is 10.2. The number of benzene rings is 2. The van der Waals surface area contributed by atoms with Gasteiger partial charge < -0.3 is 0 Å². The van der Waals surface area contributed by atoms with Crippen molar-refractivity contribution in [1.29, 1.82) is 0 Å². The van der Waals surface area contributed by atoms with Gasteiger partial charge in [0.25, 0.3) is 5.91 Å². The predicted octanol–water partition coefficient (Wildman–Crippen LogP) is 1.61. The van der Waals surface area contributed by atoms with E-state index in [0.29, 0.717) is 18.7 Å². The van der Waals surface area contributed by atoms with Crippen LogP contribution in [0.2, 0.25) is 0 Å². The Hall–Kier alpha value is -2.78. The van der Waals surface area contributed by atoms with Gasteiger partial charge in [0.05, 0.1) is 11.3 Å². The number of hydrogen-bond donors (Lipinski definition) is 2. The summed E-state index contributed by atoms with van der Waals surface area (Å²) in [4.78, 5) is 24.1. The first-order valence-electron chi connectivity index (χ1n) is 8.80. The van der Waals surface area contributed by atoms with Crippen molar-refractivity contribution in [3.63, 3.8) is 0 Å². The van der Waals surface area contributed by atoms with Gasteiger partial charge in [-0.15, -0.1) is 0 Å². The quantitative estimate of drug-likeness (QED) is 0.739. The van der Waals surface area contributed by atoms with Crippen molar-refractivity contribution in [2.45, 2.75) is 24.2 Å². The van der Waals surface area contributed by atoms with Gasteiger partial charge in [0.15, 0.2) is 0 Å². The van der Waals surface area contributed by atoms with Crippen LogP contribution in [0.1, 0.15) is 28.8 Å². The van der Waals surface area contributed by atoms with Crippen LogP contribution in [0.5, 0.6) is 0 Å². The van der Waals surface area contributed by atoms with Crippen molar-refractivity contribution >= 4 is 21.8 Å². The maximum Gasteiger partial charge on any atom is 0.269 e. The summed E-state index contributed by atoms with van der Waals surface area (Å²) in [6.45, 7) is 1.01. The van der Waals surface area contributed by atoms with Gasteiger partial charge >= 0.3 is 0 Å². The molecule has 3 rings (SSSR count). The number of hydrogen-bond acceptors (Lipinski definition) is 4. The predicted molar refractivity (Wildman–Crippen MR) is 100 cm³/mol. The second-order valence-corrected chi connectivity index (χ2v) is 8.38. The zero-order valence-electron chi connectivity index (χ0n) is 15.0. The Kier molecular flexibility index (Phi) is 6.05. The molecular weight excluding hydrogens is 385 g/mol. The lowest BCUT2D eigenvalue weighted by Crippen LogP contribution is -2.42. The summed E-state index contributed by atoms with van der Waals surface area (Å²) in [5, 5.41) is 0. The average Bonchev–Trinajstić information content (AvgIpc) is 3.24. The summed E-state index contributed by atoms with van der Waals surface area (Å²) in [5.41, 5.74) is 5.36. The molecule has 1 aliphatic rings. The van der Waals surface area contributed by atoms with Crippen LogP contribution in [0.4, 0.5) is 4.39 Å². The number of amides is 2. The number of carbonyl (C=O) groups is 2. The third-order valence-corrected chi connectivity index (χ3v) is 6.33. The van der Waals surface area contributed by atoms with E-state index in [-0.39, 0.29) is 16.9 Å². The van der Waals surface area contributed by atoms with Crippen LogP contribution in [-0.2, 0) is 21.2 Å². The molecule has 1 fully saturated rings. The maximum absolute atomic E-state index is 12.9. The van der Waals surface area contributed by atoms with Crippen LogP contribution in [-0.4, -0.2) is 37.6 Å². The zero-order valence-corrected chi connectivity index (χ0v) is 15.8. The lowest BCUT2D eigenvalue weighted by Gasteiger charge is -2.15. The molecule has 1 heterocycles. The average molecular weight is 405 g/mol. The summed E-state index contributed by atoms with van der Waals surface area (Å²) in [7, 11) is -3.54. The Bertz CT molecular complexity index is 954. The van der Waals surface area contributed by atoms with E-state index in [0.717, 1.165) is 12.8 Å². The lowest BCUT2D eigenvalue weighted by atomic mass is 10.1. The van der Waals surface area contributed by atoms with Crippen LogP contribution >= 0.6 is 0 Å². The van der Waals surface area contributed by atoms with E-state index in [2.05, 4.69) is 10.9 Å². The molecule has 0 aromatic heterocycles. The van der Waals surface area contributed by atoms with Crippen LogP contribution in [0, 0.1) is 5.82 Å². The molecule has 0 aliphatic carbocycles. The lowest BCUT2D eigenvalue weighted by molar-refractivity contribution is -0.121. The summed E-state index contributed by atoms with van der Waals surface area (Å²) in [5.74, 6) is -1.43. The molecule has 148 valence electrons. The fourth-order valence-corrected chi connectivity index (χ4v) is 4.40. The molecule has 2 amide bonds. The molecule has 0 spiro atoms. The molecule has 0 bridgehead atoms. The topological polar surface area (TPSA) is 95.6 Å². The van der Waals surface area contributed by atoms with Gasteiger partial charge in [-0.05, 0) is 54.8 Å². The van der Waals surface area contributed by atoms with E-state index in [1.54, 1.807) is 0 Å². The number of hydrazine groups is 1. The SMILES string of the molecule is O=C(Cc1ccc(F)cc1)NNC(=O)c1ccc(S(=O)(=O)N2CCCC2)cc1. The highest BCUT2D eigenvalue weighted by Gasteiger charge is 2.27. The van der Waals surface area contributed by atoms with Crippen molar-refractivity contribution in [2.24, 2.45) is 0 Å². The van der Waals surface area contributed by atoms with E-state index in [1.165, 1.54) is 52.8 Å². The normalized spacial score (nSPS) is 14.6. The van der Waals surface area contributed by atoms with Gasteiger partial charge in [-0.2, -0.15) is 4.31 Å². The second-order valence-electron chi connectivity index (χ2n) is 6.44. The molecule has 2 aromatic rings. The molecule has 0 radical (unpaired) electrons. The van der Waals surface area contributed by atoms with Crippen molar-refractivity contribution in [3.8, 4) is 0 Å². The summed E-state index contributed by atoms with van der Waals surface area (Å²) in [6, 6.07) is 11.0. The molecule has 1 saturated heterocycles. The summed E-state index contributed by atoms with van der Waals surface area (Å²) >= 11 is 0. The van der Waals surface area contributed by atoms with Gasteiger partial charge in [0, 0.05) is 18.7 Å². The summed E-state index contributed by atoms with van der Waals surface area (Å²) < 4.78 is 39.2. The van der Waals surface area contributed by atoms with E-state index in [9.17, 15) is 22.4 Å². The van der Waals surface area contributed by atoms with E-state index >= 15 is 0 Å². The molecule has 2 N–H and O–H groups in total. The first-order chi connectivity index (χ1) is 13.4. The minimum Gasteiger partial charge on any atom is -0.273 e. The van der Waals surface area contributed by atoms with Crippen molar-refractivity contribution < 1.29 is 22.4 Å². The summed E-state index contributed by atoms with van der Waals surface area (Å²) in [6.07, 6.45) is 1.67. The fourth-order valence-electron chi connectivity index (χ4n) is 2.89. The van der Waals surface area contributed by atoms with Gasteiger partial charge in [-0.3, -0.25) is 20.4 Å². The highest BCUT2D eigenvalue weighted by molar-refractivity contribution is 7.89. The fraction of sp³-hybridized carbons (Fsp3) is 0.263. The molecule has 2 aromatic carbocycles. The largest absolute Gasteiger partial charge is 0.273 e. The van der Waals surface area contributed by atoms with Crippen molar-refractivity contribution in [2.75, 3.05) is 13.1 Å². The molecule has 0 unspecified atom stereocenters. The number of nitrogens with one attached hydrogen (secondary N) is 2. The zero-order chi connectivity index (χ0) is 20.1. The minimum absolute atomic E-state index is 0.0203. The highest BCUT2D eigenvalue weighted by atomic mass is 32.2. The third-order valence-electron chi connectivity index (χ3n) is 4.41. The van der Waals surface area contributed by atoms with Crippen LogP contribution < -0.4 is 10.9 Å². The molecular formula is C19H20FN3O4S. The smallest absolute Gasteiger partial charge is 0.269 e. The molecule has 9 heteroatoms.